The Bertz CT molecular complexity index is 1290. The molecule has 0 bridgehead atoms. The lowest BCUT2D eigenvalue weighted by molar-refractivity contribution is -0.137. The van der Waals surface area contributed by atoms with Gasteiger partial charge in [0.15, 0.2) is 0 Å². The normalized spacial score (nSPS) is 11.1. The summed E-state index contributed by atoms with van der Waals surface area (Å²) in [4.78, 5) is 26.0. The second-order valence-corrected chi connectivity index (χ2v) is 7.68. The zero-order valence-corrected chi connectivity index (χ0v) is 18.7. The standard InChI is InChI=1S/C24H18ClF4N3O2/c1-13(33)32(2)14-10-11-16(22(30)15-6-3-4-9-19(15)26)20(12-14)31-23(34)21-17(24(27,28)29)7-5-8-18(21)25/h3-12,30H,1-2H3,(H,31,34). The fourth-order valence-electron chi connectivity index (χ4n) is 3.23. The van der Waals surface area contributed by atoms with E-state index in [9.17, 15) is 27.2 Å². The molecule has 34 heavy (non-hydrogen) atoms. The van der Waals surface area contributed by atoms with E-state index < -0.39 is 34.1 Å². The maximum Gasteiger partial charge on any atom is 0.417 e. The molecule has 0 aliphatic heterocycles. The summed E-state index contributed by atoms with van der Waals surface area (Å²) in [5, 5.41) is 10.4. The maximum atomic E-state index is 14.3. The molecule has 0 aromatic heterocycles. The van der Waals surface area contributed by atoms with Crippen molar-refractivity contribution in [1.82, 2.24) is 0 Å². The third-order valence-electron chi connectivity index (χ3n) is 5.07. The molecule has 3 aromatic rings. The Hall–Kier alpha value is -3.72. The van der Waals surface area contributed by atoms with Gasteiger partial charge in [0.1, 0.15) is 5.82 Å². The molecule has 0 unspecified atom stereocenters. The maximum absolute atomic E-state index is 14.3. The van der Waals surface area contributed by atoms with E-state index in [1.54, 1.807) is 0 Å². The van der Waals surface area contributed by atoms with Gasteiger partial charge >= 0.3 is 6.18 Å². The number of carbonyl (C=O) groups is 2. The topological polar surface area (TPSA) is 73.3 Å². The number of halogens is 5. The van der Waals surface area contributed by atoms with Gasteiger partial charge in [-0.3, -0.25) is 15.0 Å². The molecular weight excluding hydrogens is 474 g/mol. The molecule has 176 valence electrons. The van der Waals surface area contributed by atoms with E-state index in [0.717, 1.165) is 24.3 Å². The molecule has 0 spiro atoms. The van der Waals surface area contributed by atoms with Crippen LogP contribution in [0.4, 0.5) is 28.9 Å². The molecule has 2 N–H and O–H groups in total. The molecule has 3 rings (SSSR count). The number of nitrogens with one attached hydrogen (secondary N) is 2. The second-order valence-electron chi connectivity index (χ2n) is 7.28. The highest BCUT2D eigenvalue weighted by Crippen LogP contribution is 2.36. The quantitative estimate of drug-likeness (QED) is 0.332. The molecule has 0 radical (unpaired) electrons. The van der Waals surface area contributed by atoms with Crippen molar-refractivity contribution in [2.45, 2.75) is 13.1 Å². The fraction of sp³-hybridized carbons (Fsp3) is 0.125. The molecule has 0 atom stereocenters. The van der Waals surface area contributed by atoms with Crippen LogP contribution in [0.3, 0.4) is 0 Å². The fourth-order valence-corrected chi connectivity index (χ4v) is 3.49. The summed E-state index contributed by atoms with van der Waals surface area (Å²) in [6, 6.07) is 12.6. The molecule has 5 nitrogen and oxygen atoms in total. The van der Waals surface area contributed by atoms with Crippen molar-refractivity contribution in [1.29, 1.82) is 5.41 Å². The highest BCUT2D eigenvalue weighted by Gasteiger charge is 2.36. The molecule has 2 amide bonds. The highest BCUT2D eigenvalue weighted by atomic mass is 35.5. The molecular formula is C24H18ClF4N3O2. The van der Waals surface area contributed by atoms with Gasteiger partial charge in [0.05, 0.1) is 27.5 Å². The van der Waals surface area contributed by atoms with Crippen LogP contribution in [0.2, 0.25) is 5.02 Å². The third-order valence-corrected chi connectivity index (χ3v) is 5.38. The van der Waals surface area contributed by atoms with E-state index in [1.165, 1.54) is 55.3 Å². The van der Waals surface area contributed by atoms with Crippen LogP contribution in [-0.2, 0) is 11.0 Å². The van der Waals surface area contributed by atoms with E-state index >= 15 is 0 Å². The number of anilines is 2. The Morgan fingerprint density at radius 1 is 1.00 bits per heavy atom. The first kappa shape index (κ1) is 24.9. The summed E-state index contributed by atoms with van der Waals surface area (Å²) in [7, 11) is 1.46. The predicted molar refractivity (Wildman–Crippen MR) is 122 cm³/mol. The summed E-state index contributed by atoms with van der Waals surface area (Å²) in [6.07, 6.45) is -4.85. The number of carbonyl (C=O) groups excluding carboxylic acids is 2. The van der Waals surface area contributed by atoms with E-state index in [1.807, 2.05) is 0 Å². The van der Waals surface area contributed by atoms with Gasteiger partial charge in [0.25, 0.3) is 5.91 Å². The SMILES string of the molecule is CC(=O)N(C)c1ccc(C(=N)c2ccccc2F)c(NC(=O)c2c(Cl)cccc2C(F)(F)F)c1. The van der Waals surface area contributed by atoms with Crippen molar-refractivity contribution >= 4 is 40.5 Å². The summed E-state index contributed by atoms with van der Waals surface area (Å²) < 4.78 is 54.8. The van der Waals surface area contributed by atoms with Crippen LogP contribution < -0.4 is 10.2 Å². The molecule has 0 fully saturated rings. The second kappa shape index (κ2) is 9.64. The smallest absolute Gasteiger partial charge is 0.321 e. The Morgan fingerprint density at radius 3 is 2.29 bits per heavy atom. The van der Waals surface area contributed by atoms with E-state index in [0.29, 0.717) is 5.69 Å². The number of benzene rings is 3. The molecule has 0 saturated heterocycles. The monoisotopic (exact) mass is 491 g/mol. The summed E-state index contributed by atoms with van der Waals surface area (Å²) >= 11 is 5.93. The molecule has 0 aliphatic carbocycles. The lowest BCUT2D eigenvalue weighted by Crippen LogP contribution is -2.24. The van der Waals surface area contributed by atoms with E-state index in [4.69, 9.17) is 17.0 Å². The van der Waals surface area contributed by atoms with Crippen LogP contribution >= 0.6 is 11.6 Å². The number of hydrogen-bond donors (Lipinski definition) is 2. The summed E-state index contributed by atoms with van der Waals surface area (Å²) in [6.45, 7) is 1.30. The van der Waals surface area contributed by atoms with Crippen molar-refractivity contribution in [3.8, 4) is 0 Å². The van der Waals surface area contributed by atoms with Gasteiger partial charge < -0.3 is 10.2 Å². The average molecular weight is 492 g/mol. The van der Waals surface area contributed by atoms with Crippen molar-refractivity contribution in [2.24, 2.45) is 0 Å². The minimum absolute atomic E-state index is 0.0276. The van der Waals surface area contributed by atoms with Crippen molar-refractivity contribution in [3.05, 3.63) is 93.8 Å². The van der Waals surface area contributed by atoms with E-state index in [-0.39, 0.29) is 28.4 Å². The van der Waals surface area contributed by atoms with Crippen LogP contribution in [0, 0.1) is 11.2 Å². The largest absolute Gasteiger partial charge is 0.417 e. The van der Waals surface area contributed by atoms with Crippen LogP contribution in [0.1, 0.15) is 34.0 Å². The Balaban J connectivity index is 2.14. The van der Waals surface area contributed by atoms with Crippen LogP contribution in [0.15, 0.2) is 60.7 Å². The highest BCUT2D eigenvalue weighted by molar-refractivity contribution is 6.34. The van der Waals surface area contributed by atoms with E-state index in [2.05, 4.69) is 5.32 Å². The molecule has 10 heteroatoms. The zero-order valence-electron chi connectivity index (χ0n) is 17.9. The van der Waals surface area contributed by atoms with Crippen molar-refractivity contribution in [2.75, 3.05) is 17.3 Å². The number of alkyl halides is 3. The van der Waals surface area contributed by atoms with Gasteiger partial charge in [-0.25, -0.2) is 4.39 Å². The molecule has 0 heterocycles. The first-order chi connectivity index (χ1) is 15.9. The van der Waals surface area contributed by atoms with Crippen LogP contribution in [-0.4, -0.2) is 24.6 Å². The lowest BCUT2D eigenvalue weighted by atomic mass is 9.99. The third kappa shape index (κ3) is 5.09. The summed E-state index contributed by atoms with van der Waals surface area (Å²) in [5.41, 5.74) is -2.22. The Labute approximate surface area is 197 Å². The first-order valence-electron chi connectivity index (χ1n) is 9.81. The van der Waals surface area contributed by atoms with Gasteiger partial charge in [-0.05, 0) is 42.5 Å². The molecule has 0 aliphatic rings. The number of nitrogens with zero attached hydrogens (tertiary/aromatic N) is 1. The molecule has 0 saturated carbocycles. The first-order valence-corrected chi connectivity index (χ1v) is 10.2. The van der Waals surface area contributed by atoms with Gasteiger partial charge in [-0.15, -0.1) is 0 Å². The Kier molecular flexibility index (Phi) is 7.07. The van der Waals surface area contributed by atoms with Crippen LogP contribution in [0.25, 0.3) is 0 Å². The minimum Gasteiger partial charge on any atom is -0.321 e. The van der Waals surface area contributed by atoms with Gasteiger partial charge in [0, 0.05) is 30.8 Å². The average Bonchev–Trinajstić information content (AvgIpc) is 2.77. The number of hydrogen-bond acceptors (Lipinski definition) is 3. The number of rotatable bonds is 5. The minimum atomic E-state index is -4.85. The summed E-state index contributed by atoms with van der Waals surface area (Å²) in [5.74, 6) is -2.22. The van der Waals surface area contributed by atoms with Gasteiger partial charge in [0.2, 0.25) is 5.91 Å². The van der Waals surface area contributed by atoms with Crippen LogP contribution in [0.5, 0.6) is 0 Å². The van der Waals surface area contributed by atoms with Gasteiger partial charge in [-0.1, -0.05) is 29.8 Å². The number of amides is 2. The zero-order chi connectivity index (χ0) is 25.2. The van der Waals surface area contributed by atoms with Crippen molar-refractivity contribution in [3.63, 3.8) is 0 Å². The molecule has 3 aromatic carbocycles. The lowest BCUT2D eigenvalue weighted by Gasteiger charge is -2.20. The van der Waals surface area contributed by atoms with Crippen molar-refractivity contribution < 1.29 is 27.2 Å². The van der Waals surface area contributed by atoms with Gasteiger partial charge in [-0.2, -0.15) is 13.2 Å². The Morgan fingerprint density at radius 2 is 1.68 bits per heavy atom. The predicted octanol–water partition coefficient (Wildman–Crippen LogP) is 6.15.